The normalized spacial score (nSPS) is 17.2. The smallest absolute Gasteiger partial charge is 0.0622 e. The molecular weight excluding hydrogens is 601 g/mol. The first-order valence-corrected chi connectivity index (χ1v) is 17.4. The summed E-state index contributed by atoms with van der Waals surface area (Å²) in [6, 6.07) is 33.4. The molecule has 242 valence electrons. The molecule has 0 atom stereocenters. The zero-order valence-electron chi connectivity index (χ0n) is 36.8. The quantitative estimate of drug-likeness (QED) is 0.166. The fraction of sp³-hybridized carbons (Fsp3) is 0.160. The van der Waals surface area contributed by atoms with E-state index in [1.807, 2.05) is 97.1 Å². The lowest BCUT2D eigenvalue weighted by molar-refractivity contribution is 0.333. The van der Waals surface area contributed by atoms with Gasteiger partial charge >= 0.3 is 0 Å². The predicted octanol–water partition coefficient (Wildman–Crippen LogP) is 14.2. The molecule has 0 saturated carbocycles. The van der Waals surface area contributed by atoms with Crippen molar-refractivity contribution in [3.8, 4) is 44.5 Å². The first kappa shape index (κ1) is 23.0. The summed E-state index contributed by atoms with van der Waals surface area (Å²) >= 11 is 0. The van der Waals surface area contributed by atoms with Crippen molar-refractivity contribution < 1.29 is 11.0 Å². The summed E-state index contributed by atoms with van der Waals surface area (Å²) in [6.45, 7) is 8.88. The molecule has 0 bridgehead atoms. The third kappa shape index (κ3) is 4.73. The van der Waals surface area contributed by atoms with Crippen molar-refractivity contribution in [2.24, 2.45) is 0 Å². The minimum atomic E-state index is -0.407. The van der Waals surface area contributed by atoms with Crippen LogP contribution in [0.4, 0.5) is 0 Å². The molecule has 0 N–H and O–H groups in total. The molecule has 0 radical (unpaired) electrons. The van der Waals surface area contributed by atoms with Crippen LogP contribution >= 0.6 is 0 Å². The van der Waals surface area contributed by atoms with Crippen LogP contribution in [0.3, 0.4) is 0 Å². The molecule has 0 fully saturated rings. The summed E-state index contributed by atoms with van der Waals surface area (Å²) in [7, 11) is 0. The van der Waals surface area contributed by atoms with Gasteiger partial charge in [-0.05, 0) is 112 Å². The second-order valence-electron chi connectivity index (χ2n) is 14.9. The van der Waals surface area contributed by atoms with Crippen LogP contribution in [0.25, 0.3) is 76.8 Å². The number of hydrogen-bond donors (Lipinski definition) is 0. The van der Waals surface area contributed by atoms with Gasteiger partial charge in [-0.2, -0.15) is 0 Å². The maximum atomic E-state index is 9.79. The van der Waals surface area contributed by atoms with E-state index >= 15 is 0 Å². The Balaban J connectivity index is 1.60. The van der Waals surface area contributed by atoms with E-state index < -0.39 is 29.6 Å². The summed E-state index contributed by atoms with van der Waals surface area (Å²) in [5.41, 5.74) is 7.33. The molecule has 0 nitrogen and oxygen atoms in total. The Morgan fingerprint density at radius 3 is 1.42 bits per heavy atom. The van der Waals surface area contributed by atoms with Gasteiger partial charge < -0.3 is 0 Å². The minimum absolute atomic E-state index is 0.223. The Morgan fingerprint density at radius 2 is 0.840 bits per heavy atom. The van der Waals surface area contributed by atoms with E-state index in [0.717, 1.165) is 62.6 Å². The van der Waals surface area contributed by atoms with Crippen molar-refractivity contribution in [2.75, 3.05) is 0 Å². The SMILES string of the molecule is [2H]c1c([2H])c([2H])c2c(-c3ccc(-c4ccccc4)c4ccccc34)c3c([2H])c([2H])c([2H])c([2H])c3c(-c3c(-c4ccccc4)ccc4c3C(C)(C)CCC4(C)C)c2c1[2H]. The van der Waals surface area contributed by atoms with Gasteiger partial charge in [0.25, 0.3) is 0 Å². The van der Waals surface area contributed by atoms with E-state index in [9.17, 15) is 5.48 Å². The monoisotopic (exact) mass is 650 g/mol. The van der Waals surface area contributed by atoms with Crippen LogP contribution in [-0.2, 0) is 10.8 Å². The number of fused-ring (bicyclic) bond motifs is 4. The van der Waals surface area contributed by atoms with Crippen LogP contribution in [0.15, 0.2) is 158 Å². The highest BCUT2D eigenvalue weighted by atomic mass is 14.4. The van der Waals surface area contributed by atoms with Gasteiger partial charge in [0, 0.05) is 0 Å². The fourth-order valence-corrected chi connectivity index (χ4v) is 8.40. The standard InChI is InChI=1S/C50H42/c1-49(2)31-32-50(3,4)48-44(49)30-29-36(34-19-9-6-10-20-34)47(48)46-41-25-15-13-23-39(41)45(40-24-14-16-26-42(40)46)43-28-27-35(33-17-7-5-8-18-33)37-21-11-12-22-38(37)43/h5-30H,31-32H2,1-4H3/i13D,14D,15D,16D,23D,24D,25D,26D. The highest BCUT2D eigenvalue weighted by Gasteiger charge is 2.40. The van der Waals surface area contributed by atoms with Crippen molar-refractivity contribution in [3.63, 3.8) is 0 Å². The van der Waals surface area contributed by atoms with Crippen molar-refractivity contribution in [2.45, 2.75) is 51.4 Å². The second kappa shape index (κ2) is 11.6. The Hall–Kier alpha value is -5.46. The van der Waals surface area contributed by atoms with Gasteiger partial charge in [0.05, 0.1) is 11.0 Å². The Kier molecular flexibility index (Phi) is 5.33. The maximum absolute atomic E-state index is 9.79. The van der Waals surface area contributed by atoms with Crippen molar-refractivity contribution in [3.05, 3.63) is 169 Å². The van der Waals surface area contributed by atoms with E-state index in [4.69, 9.17) is 5.48 Å². The molecular formula is C50H42. The van der Waals surface area contributed by atoms with Gasteiger partial charge in [-0.3, -0.25) is 0 Å². The lowest BCUT2D eigenvalue weighted by atomic mass is 9.60. The van der Waals surface area contributed by atoms with Gasteiger partial charge in [0.1, 0.15) is 0 Å². The molecule has 50 heavy (non-hydrogen) atoms. The molecule has 9 rings (SSSR count). The first-order chi connectivity index (χ1) is 27.7. The minimum Gasteiger partial charge on any atom is -0.0622 e. The fourth-order valence-electron chi connectivity index (χ4n) is 8.40. The molecule has 0 aromatic heterocycles. The molecule has 8 aromatic rings. The molecule has 0 saturated heterocycles. The van der Waals surface area contributed by atoms with Gasteiger partial charge in [0.2, 0.25) is 0 Å². The lowest BCUT2D eigenvalue weighted by Gasteiger charge is -2.44. The van der Waals surface area contributed by atoms with Gasteiger partial charge in [-0.15, -0.1) is 0 Å². The van der Waals surface area contributed by atoms with Crippen molar-refractivity contribution >= 4 is 32.3 Å². The van der Waals surface area contributed by atoms with Crippen LogP contribution in [0.5, 0.6) is 0 Å². The van der Waals surface area contributed by atoms with Gasteiger partial charge in [-0.1, -0.05) is 185 Å². The zero-order valence-corrected chi connectivity index (χ0v) is 28.8. The van der Waals surface area contributed by atoms with Crippen LogP contribution < -0.4 is 0 Å². The average Bonchev–Trinajstić information content (AvgIpc) is 3.23. The number of benzene rings is 8. The van der Waals surface area contributed by atoms with E-state index in [2.05, 4.69) is 39.8 Å². The molecule has 0 heteroatoms. The lowest BCUT2D eigenvalue weighted by Crippen LogP contribution is -2.34. The van der Waals surface area contributed by atoms with Crippen LogP contribution in [0, 0.1) is 0 Å². The Labute approximate surface area is 307 Å². The third-order valence-corrected chi connectivity index (χ3v) is 11.0. The summed E-state index contributed by atoms with van der Waals surface area (Å²) in [5, 5.41) is 2.62. The zero-order chi connectivity index (χ0) is 41.0. The van der Waals surface area contributed by atoms with Gasteiger partial charge in [0.15, 0.2) is 0 Å². The largest absolute Gasteiger partial charge is 0.0629 e. The topological polar surface area (TPSA) is 0 Å². The molecule has 0 unspecified atom stereocenters. The average molecular weight is 651 g/mol. The van der Waals surface area contributed by atoms with E-state index in [-0.39, 0.29) is 51.1 Å². The molecule has 1 aliphatic rings. The van der Waals surface area contributed by atoms with Crippen LogP contribution in [0.1, 0.15) is 62.6 Å². The summed E-state index contributed by atoms with van der Waals surface area (Å²) in [4.78, 5) is 0. The molecule has 0 spiro atoms. The van der Waals surface area contributed by atoms with Crippen molar-refractivity contribution in [1.29, 1.82) is 0 Å². The van der Waals surface area contributed by atoms with Crippen LogP contribution in [0.2, 0.25) is 0 Å². The highest BCUT2D eigenvalue weighted by molar-refractivity contribution is 6.25. The first-order valence-electron chi connectivity index (χ1n) is 21.4. The number of rotatable bonds is 4. The second-order valence-corrected chi connectivity index (χ2v) is 14.9. The molecule has 8 aromatic carbocycles. The van der Waals surface area contributed by atoms with Crippen molar-refractivity contribution in [1.82, 2.24) is 0 Å². The molecule has 1 aliphatic carbocycles. The summed E-state index contributed by atoms with van der Waals surface area (Å²) in [6.07, 6.45) is 1.78. The third-order valence-electron chi connectivity index (χ3n) is 11.0. The van der Waals surface area contributed by atoms with Gasteiger partial charge in [-0.25, -0.2) is 0 Å². The number of hydrogen-bond acceptors (Lipinski definition) is 0. The molecule has 0 amide bonds. The molecule has 0 aliphatic heterocycles. The van der Waals surface area contributed by atoms with E-state index in [1.165, 1.54) is 0 Å². The van der Waals surface area contributed by atoms with E-state index in [0.29, 0.717) is 16.7 Å². The van der Waals surface area contributed by atoms with E-state index in [1.54, 1.807) is 0 Å². The Morgan fingerprint density at radius 1 is 0.400 bits per heavy atom. The Bertz CT molecular complexity index is 2940. The maximum Gasteiger partial charge on any atom is 0.0629 e. The summed E-state index contributed by atoms with van der Waals surface area (Å²) < 4.78 is 75.5. The van der Waals surface area contributed by atoms with Crippen LogP contribution in [-0.4, -0.2) is 0 Å². The summed E-state index contributed by atoms with van der Waals surface area (Å²) in [5.74, 6) is 0. The predicted molar refractivity (Wildman–Crippen MR) is 216 cm³/mol. The highest BCUT2D eigenvalue weighted by Crippen LogP contribution is 2.55. The molecule has 0 heterocycles.